The molecule has 6 fully saturated rings. The number of hydrogen-bond acceptors (Lipinski definition) is 1. The smallest absolute Gasteiger partial charge is 0.0616 e. The van der Waals surface area contributed by atoms with Gasteiger partial charge in [0.25, 0.3) is 0 Å². The predicted molar refractivity (Wildman–Crippen MR) is 244 cm³/mol. The maximum Gasteiger partial charge on any atom is 0.0616 e. The standard InChI is InChI=1S/C56H90O/c1-11-39(12-2)17-15-37(5)47-23-25-49-45-21-19-41-35-43(27-31-53(41,7)51(45)29-33-55(47,49)9)57-44-28-32-54(8)42(36-44)20-22-46-50-26-24-48(56(50,10)34-30-52(46)54)38(6)16-18-40(13-3)14-4/h15-20,37-40,43-52H,11-14,21-36H2,1-10H3/b17-15+,18-16+/t37?,38?,43?,44?,45-,46-,47+,48+,49-,50-,51-,52-,53-,54-,55+,56+/m0/s1. The first-order chi connectivity index (χ1) is 27.3. The van der Waals surface area contributed by atoms with Crippen LogP contribution >= 0.6 is 0 Å². The Morgan fingerprint density at radius 2 is 0.930 bits per heavy atom. The van der Waals surface area contributed by atoms with E-state index in [2.05, 4.69) is 106 Å². The van der Waals surface area contributed by atoms with Crippen LogP contribution < -0.4 is 0 Å². The molecular weight excluding hydrogens is 689 g/mol. The van der Waals surface area contributed by atoms with Gasteiger partial charge in [0.2, 0.25) is 0 Å². The lowest BCUT2D eigenvalue weighted by atomic mass is 9.47. The van der Waals surface area contributed by atoms with Gasteiger partial charge in [0, 0.05) is 0 Å². The first-order valence-corrected chi connectivity index (χ1v) is 25.7. The summed E-state index contributed by atoms with van der Waals surface area (Å²) >= 11 is 0. The molecule has 8 rings (SSSR count). The van der Waals surface area contributed by atoms with Crippen LogP contribution in [0.25, 0.3) is 0 Å². The van der Waals surface area contributed by atoms with Crippen molar-refractivity contribution in [3.8, 4) is 0 Å². The Labute approximate surface area is 353 Å². The van der Waals surface area contributed by atoms with Crippen LogP contribution in [0.1, 0.15) is 198 Å². The number of ether oxygens (including phenoxy) is 1. The minimum absolute atomic E-state index is 0.408. The van der Waals surface area contributed by atoms with Gasteiger partial charge in [-0.05, 0) is 221 Å². The van der Waals surface area contributed by atoms with Gasteiger partial charge in [0.05, 0.1) is 12.2 Å². The number of hydrogen-bond donors (Lipinski definition) is 0. The molecule has 16 atom stereocenters. The maximum atomic E-state index is 7.26. The highest BCUT2D eigenvalue weighted by Crippen LogP contribution is 2.69. The molecule has 4 unspecified atom stereocenters. The van der Waals surface area contributed by atoms with Crippen LogP contribution in [0.15, 0.2) is 47.6 Å². The van der Waals surface area contributed by atoms with Crippen molar-refractivity contribution in [2.45, 2.75) is 210 Å². The van der Waals surface area contributed by atoms with Gasteiger partial charge in [0.15, 0.2) is 0 Å². The van der Waals surface area contributed by atoms with Crippen molar-refractivity contribution in [1.82, 2.24) is 0 Å². The minimum Gasteiger partial charge on any atom is -0.374 e. The summed E-state index contributed by atoms with van der Waals surface area (Å²) in [4.78, 5) is 0. The first-order valence-electron chi connectivity index (χ1n) is 25.7. The van der Waals surface area contributed by atoms with E-state index in [1.165, 1.54) is 128 Å². The fourth-order valence-corrected chi connectivity index (χ4v) is 17.6. The summed E-state index contributed by atoms with van der Waals surface area (Å²) in [5.41, 5.74) is 5.49. The molecule has 0 N–H and O–H groups in total. The molecular formula is C56H90O. The third-order valence-corrected chi connectivity index (χ3v) is 21.4. The normalized spacial score (nSPS) is 46.5. The van der Waals surface area contributed by atoms with Crippen LogP contribution in [-0.2, 0) is 4.74 Å². The molecule has 320 valence electrons. The fourth-order valence-electron chi connectivity index (χ4n) is 17.6. The van der Waals surface area contributed by atoms with Gasteiger partial charge < -0.3 is 4.74 Å². The predicted octanol–water partition coefficient (Wildman–Crippen LogP) is 16.2. The summed E-state index contributed by atoms with van der Waals surface area (Å²) in [7, 11) is 0. The molecule has 0 aromatic heterocycles. The van der Waals surface area contributed by atoms with Crippen molar-refractivity contribution in [3.63, 3.8) is 0 Å². The summed E-state index contributed by atoms with van der Waals surface area (Å²) in [6.07, 6.45) is 44.1. The lowest BCUT2D eigenvalue weighted by Gasteiger charge is -2.59. The Morgan fingerprint density at radius 3 is 1.32 bits per heavy atom. The second kappa shape index (κ2) is 16.7. The van der Waals surface area contributed by atoms with Crippen molar-refractivity contribution in [2.24, 2.45) is 92.7 Å². The molecule has 1 heteroatoms. The number of allylic oxidation sites excluding steroid dienone is 6. The zero-order valence-electron chi connectivity index (χ0n) is 39.1. The van der Waals surface area contributed by atoms with Crippen LogP contribution in [0.2, 0.25) is 0 Å². The van der Waals surface area contributed by atoms with E-state index in [4.69, 9.17) is 4.74 Å². The van der Waals surface area contributed by atoms with Crippen LogP contribution in [0.4, 0.5) is 0 Å². The molecule has 1 nitrogen and oxygen atoms in total. The van der Waals surface area contributed by atoms with E-state index in [1.807, 2.05) is 0 Å². The molecule has 8 aliphatic carbocycles. The van der Waals surface area contributed by atoms with Crippen molar-refractivity contribution < 1.29 is 4.74 Å². The second-order valence-corrected chi connectivity index (χ2v) is 23.5. The zero-order valence-corrected chi connectivity index (χ0v) is 39.1. The summed E-state index contributed by atoms with van der Waals surface area (Å²) in [5, 5.41) is 0. The molecule has 0 aromatic rings. The van der Waals surface area contributed by atoms with Crippen LogP contribution in [-0.4, -0.2) is 12.2 Å². The van der Waals surface area contributed by atoms with E-state index in [0.29, 0.717) is 33.9 Å². The SMILES string of the molecule is CCC(/C=C/C(C)[C@H]1CC[C@H]2[C@@H]3CC=C4CC(OC5CC[C@@]6(C)C(=CC[C@H]7[C@@H]8CC[C@H](C(C)/C=C/C(CC)CC)[C@@]8(C)CC[C@@H]76)C5)CC[C@]4(C)[C@H]3CC[C@]12C)CC. The van der Waals surface area contributed by atoms with E-state index in [1.54, 1.807) is 11.1 Å². The lowest BCUT2D eigenvalue weighted by Crippen LogP contribution is -2.52. The highest BCUT2D eigenvalue weighted by Gasteiger charge is 2.61. The molecule has 8 aliphatic rings. The lowest BCUT2D eigenvalue weighted by molar-refractivity contribution is -0.0916. The minimum atomic E-state index is 0.408. The van der Waals surface area contributed by atoms with Gasteiger partial charge in [-0.2, -0.15) is 0 Å². The largest absolute Gasteiger partial charge is 0.374 e. The Morgan fingerprint density at radius 1 is 0.526 bits per heavy atom. The van der Waals surface area contributed by atoms with E-state index in [9.17, 15) is 0 Å². The van der Waals surface area contributed by atoms with E-state index >= 15 is 0 Å². The topological polar surface area (TPSA) is 9.23 Å². The number of rotatable bonds is 12. The van der Waals surface area contributed by atoms with Crippen LogP contribution in [0.3, 0.4) is 0 Å². The Balaban J connectivity index is 0.883. The average Bonchev–Trinajstić information content (AvgIpc) is 3.75. The molecule has 0 aliphatic heterocycles. The summed E-state index contributed by atoms with van der Waals surface area (Å²) < 4.78 is 7.26. The van der Waals surface area contributed by atoms with Gasteiger partial charge in [-0.25, -0.2) is 0 Å². The van der Waals surface area contributed by atoms with Crippen molar-refractivity contribution >= 4 is 0 Å². The van der Waals surface area contributed by atoms with Gasteiger partial charge in [0.1, 0.15) is 0 Å². The van der Waals surface area contributed by atoms with E-state index < -0.39 is 0 Å². The van der Waals surface area contributed by atoms with E-state index in [0.717, 1.165) is 71.0 Å². The molecule has 0 heterocycles. The highest BCUT2D eigenvalue weighted by atomic mass is 16.5. The molecule has 0 radical (unpaired) electrons. The van der Waals surface area contributed by atoms with Crippen molar-refractivity contribution in [2.75, 3.05) is 0 Å². The van der Waals surface area contributed by atoms with Gasteiger partial charge in [-0.3, -0.25) is 0 Å². The van der Waals surface area contributed by atoms with Gasteiger partial charge in [-0.15, -0.1) is 0 Å². The van der Waals surface area contributed by atoms with Gasteiger partial charge >= 0.3 is 0 Å². The molecule has 0 amide bonds. The maximum absolute atomic E-state index is 7.26. The molecule has 0 aromatic carbocycles. The van der Waals surface area contributed by atoms with Gasteiger partial charge in [-0.1, -0.05) is 117 Å². The summed E-state index contributed by atoms with van der Waals surface area (Å²) in [6, 6.07) is 0. The third-order valence-electron chi connectivity index (χ3n) is 21.4. The number of fused-ring (bicyclic) bond motifs is 10. The summed E-state index contributed by atoms with van der Waals surface area (Å²) in [5.74, 6) is 10.1. The first kappa shape index (κ1) is 42.6. The average molecular weight is 779 g/mol. The van der Waals surface area contributed by atoms with Crippen molar-refractivity contribution in [3.05, 3.63) is 47.6 Å². The Hall–Kier alpha value is -1.08. The molecule has 0 saturated heterocycles. The molecule has 0 bridgehead atoms. The zero-order chi connectivity index (χ0) is 40.3. The third kappa shape index (κ3) is 7.32. The molecule has 6 saturated carbocycles. The van der Waals surface area contributed by atoms with Crippen molar-refractivity contribution in [1.29, 1.82) is 0 Å². The van der Waals surface area contributed by atoms with Crippen LogP contribution in [0, 0.1) is 92.7 Å². The summed E-state index contributed by atoms with van der Waals surface area (Å²) in [6.45, 7) is 25.5. The Bertz CT molecular complexity index is 1410. The molecule has 0 spiro atoms. The van der Waals surface area contributed by atoms with E-state index in [-0.39, 0.29) is 0 Å². The second-order valence-electron chi connectivity index (χ2n) is 23.5. The van der Waals surface area contributed by atoms with Crippen LogP contribution in [0.5, 0.6) is 0 Å². The Kier molecular flexibility index (Phi) is 12.4. The highest BCUT2D eigenvalue weighted by molar-refractivity contribution is 5.28. The molecule has 57 heavy (non-hydrogen) atoms. The monoisotopic (exact) mass is 779 g/mol. The quantitative estimate of drug-likeness (QED) is 0.179. The fraction of sp³-hybridized carbons (Fsp3) is 0.857.